The lowest BCUT2D eigenvalue weighted by Gasteiger charge is -2.36. The Morgan fingerprint density at radius 2 is 1.63 bits per heavy atom. The van der Waals surface area contributed by atoms with E-state index in [2.05, 4.69) is 0 Å². The lowest BCUT2D eigenvalue weighted by Crippen LogP contribution is -2.55. The number of carbonyl (C=O) groups is 2. The van der Waals surface area contributed by atoms with Crippen LogP contribution in [0.3, 0.4) is 0 Å². The van der Waals surface area contributed by atoms with Crippen molar-refractivity contribution in [3.63, 3.8) is 0 Å². The Kier molecular flexibility index (Phi) is 5.66. The lowest BCUT2D eigenvalue weighted by molar-refractivity contribution is -0.136. The number of benzene rings is 1. The minimum atomic E-state index is -3.73. The zero-order valence-electron chi connectivity index (χ0n) is 16.9. The maximum Gasteiger partial charge on any atom is 0.289 e. The van der Waals surface area contributed by atoms with E-state index in [1.54, 1.807) is 46.2 Å². The Labute approximate surface area is 176 Å². The van der Waals surface area contributed by atoms with Crippen molar-refractivity contribution in [1.29, 1.82) is 0 Å². The average molecular weight is 432 g/mol. The van der Waals surface area contributed by atoms with E-state index in [1.807, 2.05) is 6.92 Å². The molecule has 0 spiro atoms. The third kappa shape index (κ3) is 3.87. The molecule has 1 aromatic carbocycles. The lowest BCUT2D eigenvalue weighted by atomic mass is 10.2. The molecule has 0 N–H and O–H groups in total. The van der Waals surface area contributed by atoms with Gasteiger partial charge in [-0.1, -0.05) is 17.7 Å². The Morgan fingerprint density at radius 3 is 2.27 bits per heavy atom. The van der Waals surface area contributed by atoms with E-state index < -0.39 is 16.1 Å². The van der Waals surface area contributed by atoms with Crippen molar-refractivity contribution in [2.45, 2.75) is 30.7 Å². The number of carbonyl (C=O) groups excluding carboxylic acids is 2. The second-order valence-electron chi connectivity index (χ2n) is 7.68. The first kappa shape index (κ1) is 20.6. The van der Waals surface area contributed by atoms with Crippen LogP contribution in [0.2, 0.25) is 0 Å². The van der Waals surface area contributed by atoms with E-state index >= 15 is 0 Å². The maximum atomic E-state index is 13.1. The van der Waals surface area contributed by atoms with Crippen LogP contribution < -0.4 is 0 Å². The molecule has 0 saturated carbocycles. The van der Waals surface area contributed by atoms with E-state index in [9.17, 15) is 18.0 Å². The summed E-state index contributed by atoms with van der Waals surface area (Å²) in [5.74, 6) is -0.106. The molecule has 0 radical (unpaired) electrons. The Hall–Kier alpha value is -2.65. The van der Waals surface area contributed by atoms with Crippen molar-refractivity contribution >= 4 is 21.8 Å². The van der Waals surface area contributed by atoms with Crippen molar-refractivity contribution in [3.8, 4) is 0 Å². The summed E-state index contributed by atoms with van der Waals surface area (Å²) in [6.45, 7) is 3.77. The molecule has 1 atom stereocenters. The molecule has 9 heteroatoms. The molecular formula is C21H25N3O5S. The maximum absolute atomic E-state index is 13.1. The van der Waals surface area contributed by atoms with Gasteiger partial charge in [-0.25, -0.2) is 8.42 Å². The van der Waals surface area contributed by atoms with Crippen LogP contribution in [0.4, 0.5) is 0 Å². The topological polar surface area (TPSA) is 91.1 Å². The molecule has 30 heavy (non-hydrogen) atoms. The molecule has 0 unspecified atom stereocenters. The average Bonchev–Trinajstić information content (AvgIpc) is 3.45. The Morgan fingerprint density at radius 1 is 0.967 bits per heavy atom. The first-order valence-corrected chi connectivity index (χ1v) is 11.5. The second-order valence-corrected chi connectivity index (χ2v) is 9.57. The molecule has 4 rings (SSSR count). The normalized spacial score (nSPS) is 20.5. The summed E-state index contributed by atoms with van der Waals surface area (Å²) in [5.41, 5.74) is 0.977. The van der Waals surface area contributed by atoms with Crippen LogP contribution in [-0.2, 0) is 14.8 Å². The summed E-state index contributed by atoms with van der Waals surface area (Å²) >= 11 is 0. The summed E-state index contributed by atoms with van der Waals surface area (Å²) < 4.78 is 32.7. The van der Waals surface area contributed by atoms with Crippen LogP contribution in [0.25, 0.3) is 0 Å². The third-order valence-electron chi connectivity index (χ3n) is 5.73. The van der Waals surface area contributed by atoms with E-state index in [0.29, 0.717) is 45.6 Å². The van der Waals surface area contributed by atoms with Crippen molar-refractivity contribution in [3.05, 3.63) is 54.0 Å². The highest BCUT2D eigenvalue weighted by Crippen LogP contribution is 2.28. The third-order valence-corrected chi connectivity index (χ3v) is 7.65. The van der Waals surface area contributed by atoms with Gasteiger partial charge in [-0.15, -0.1) is 0 Å². The molecule has 3 heterocycles. The highest BCUT2D eigenvalue weighted by Gasteiger charge is 2.41. The fourth-order valence-electron chi connectivity index (χ4n) is 4.02. The molecule has 2 aliphatic rings. The molecule has 0 bridgehead atoms. The zero-order chi connectivity index (χ0) is 21.3. The minimum Gasteiger partial charge on any atom is -0.459 e. The molecule has 2 fully saturated rings. The molecule has 2 amide bonds. The number of sulfonamides is 1. The Balaban J connectivity index is 1.43. The summed E-state index contributed by atoms with van der Waals surface area (Å²) in [7, 11) is -3.73. The molecule has 1 aromatic heterocycles. The molecule has 8 nitrogen and oxygen atoms in total. The van der Waals surface area contributed by atoms with Gasteiger partial charge in [0.25, 0.3) is 5.91 Å². The van der Waals surface area contributed by atoms with Gasteiger partial charge >= 0.3 is 0 Å². The SMILES string of the molecule is Cc1ccc(S(=O)(=O)N2CCC[C@H]2C(=O)N2CCN(C(=O)c3ccco3)CC2)cc1. The fraction of sp³-hybridized carbons (Fsp3) is 0.429. The number of hydrogen-bond acceptors (Lipinski definition) is 5. The monoisotopic (exact) mass is 431 g/mol. The number of amides is 2. The molecule has 2 aromatic rings. The molecular weight excluding hydrogens is 406 g/mol. The van der Waals surface area contributed by atoms with Crippen LogP contribution in [0, 0.1) is 6.92 Å². The second kappa shape index (κ2) is 8.23. The van der Waals surface area contributed by atoms with Gasteiger partial charge in [0.2, 0.25) is 15.9 Å². The Bertz CT molecular complexity index is 1010. The molecule has 0 aliphatic carbocycles. The first-order chi connectivity index (χ1) is 14.4. The number of nitrogens with zero attached hydrogens (tertiary/aromatic N) is 3. The highest BCUT2D eigenvalue weighted by molar-refractivity contribution is 7.89. The van der Waals surface area contributed by atoms with Gasteiger partial charge in [-0.2, -0.15) is 4.31 Å². The van der Waals surface area contributed by atoms with Crippen molar-refractivity contribution in [1.82, 2.24) is 14.1 Å². The number of rotatable bonds is 4. The molecule has 2 saturated heterocycles. The predicted octanol–water partition coefficient (Wildman–Crippen LogP) is 1.73. The number of aryl methyl sites for hydroxylation is 1. The zero-order valence-corrected chi connectivity index (χ0v) is 17.7. The van der Waals surface area contributed by atoms with Crippen molar-refractivity contribution in [2.24, 2.45) is 0 Å². The largest absolute Gasteiger partial charge is 0.459 e. The standard InChI is InChI=1S/C21H25N3O5S/c1-16-6-8-17(9-7-16)30(27,28)24-10-2-4-18(24)20(25)22-11-13-23(14-12-22)21(26)19-5-3-15-29-19/h3,5-9,15,18H,2,4,10-14H2,1H3/t18-/m0/s1. The summed E-state index contributed by atoms with van der Waals surface area (Å²) in [4.78, 5) is 29.1. The van der Waals surface area contributed by atoms with E-state index in [0.717, 1.165) is 5.56 Å². The smallest absolute Gasteiger partial charge is 0.289 e. The van der Waals surface area contributed by atoms with Gasteiger partial charge in [0.15, 0.2) is 5.76 Å². The van der Waals surface area contributed by atoms with Gasteiger partial charge in [0, 0.05) is 32.7 Å². The fourth-order valence-corrected chi connectivity index (χ4v) is 5.67. The van der Waals surface area contributed by atoms with Crippen molar-refractivity contribution < 1.29 is 22.4 Å². The van der Waals surface area contributed by atoms with Gasteiger partial charge in [0.05, 0.1) is 11.2 Å². The van der Waals surface area contributed by atoms with E-state index in [4.69, 9.17) is 4.42 Å². The van der Waals surface area contributed by atoms with E-state index in [1.165, 1.54) is 10.6 Å². The molecule has 2 aliphatic heterocycles. The van der Waals surface area contributed by atoms with Crippen LogP contribution in [-0.4, -0.2) is 73.1 Å². The highest BCUT2D eigenvalue weighted by atomic mass is 32.2. The minimum absolute atomic E-state index is 0.187. The molecule has 160 valence electrons. The quantitative estimate of drug-likeness (QED) is 0.735. The van der Waals surface area contributed by atoms with Gasteiger partial charge in [-0.3, -0.25) is 9.59 Å². The summed E-state index contributed by atoms with van der Waals surface area (Å²) in [6, 6.07) is 9.28. The predicted molar refractivity (Wildman–Crippen MR) is 109 cm³/mol. The van der Waals surface area contributed by atoms with Crippen LogP contribution >= 0.6 is 0 Å². The number of piperazine rings is 1. The summed E-state index contributed by atoms with van der Waals surface area (Å²) in [6.07, 6.45) is 2.62. The van der Waals surface area contributed by atoms with Crippen LogP contribution in [0.5, 0.6) is 0 Å². The van der Waals surface area contributed by atoms with E-state index in [-0.39, 0.29) is 22.5 Å². The van der Waals surface area contributed by atoms with Crippen LogP contribution in [0.1, 0.15) is 29.0 Å². The first-order valence-electron chi connectivity index (χ1n) is 10.1. The summed E-state index contributed by atoms with van der Waals surface area (Å²) in [5, 5.41) is 0. The van der Waals surface area contributed by atoms with Gasteiger partial charge in [0.1, 0.15) is 6.04 Å². The van der Waals surface area contributed by atoms with Crippen LogP contribution in [0.15, 0.2) is 52.0 Å². The van der Waals surface area contributed by atoms with Crippen molar-refractivity contribution in [2.75, 3.05) is 32.7 Å². The number of furan rings is 1. The van der Waals surface area contributed by atoms with Gasteiger partial charge in [-0.05, 0) is 44.0 Å². The number of hydrogen-bond donors (Lipinski definition) is 0. The van der Waals surface area contributed by atoms with Gasteiger partial charge < -0.3 is 14.2 Å².